The fraction of sp³-hybridized carbons (Fsp3) is 0.111. The Kier molecular flexibility index (Phi) is 2.61. The first-order chi connectivity index (χ1) is 7.63. The molecule has 0 aliphatic rings. The van der Waals surface area contributed by atoms with Gasteiger partial charge >= 0.3 is 0 Å². The van der Waals surface area contributed by atoms with E-state index >= 15 is 0 Å². The number of aromatic amines is 1. The van der Waals surface area contributed by atoms with Crippen molar-refractivity contribution in [1.82, 2.24) is 15.2 Å². The van der Waals surface area contributed by atoms with Crippen molar-refractivity contribution in [2.45, 2.75) is 6.54 Å². The normalized spacial score (nSPS) is 10.8. The molecule has 0 amide bonds. The first kappa shape index (κ1) is 10.6. The molecule has 0 radical (unpaired) electrons. The van der Waals surface area contributed by atoms with Gasteiger partial charge in [-0.25, -0.2) is 18.2 Å². The van der Waals surface area contributed by atoms with E-state index in [0.717, 1.165) is 12.1 Å². The zero-order valence-corrected chi connectivity index (χ0v) is 7.97. The van der Waals surface area contributed by atoms with Crippen molar-refractivity contribution in [2.75, 3.05) is 0 Å². The molecule has 84 valence electrons. The zero-order valence-electron chi connectivity index (χ0n) is 7.97. The van der Waals surface area contributed by atoms with Crippen LogP contribution >= 0.6 is 0 Å². The molecule has 2 rings (SSSR count). The van der Waals surface area contributed by atoms with E-state index < -0.39 is 17.5 Å². The predicted octanol–water partition coefficient (Wildman–Crippen LogP) is 1.35. The minimum Gasteiger partial charge on any atom is -0.324 e. The molecule has 0 unspecified atom stereocenters. The summed E-state index contributed by atoms with van der Waals surface area (Å²) in [6.45, 7) is 0.0955. The maximum absolute atomic E-state index is 13.3. The molecule has 0 fully saturated rings. The van der Waals surface area contributed by atoms with E-state index in [4.69, 9.17) is 5.73 Å². The summed E-state index contributed by atoms with van der Waals surface area (Å²) in [5.74, 6) is -3.84. The van der Waals surface area contributed by atoms with Crippen LogP contribution in [0.1, 0.15) is 5.82 Å². The second-order valence-electron chi connectivity index (χ2n) is 3.03. The van der Waals surface area contributed by atoms with Crippen molar-refractivity contribution in [2.24, 2.45) is 5.73 Å². The number of H-pyrrole nitrogens is 1. The molecule has 0 saturated carbocycles. The highest BCUT2D eigenvalue weighted by Crippen LogP contribution is 2.22. The van der Waals surface area contributed by atoms with Crippen LogP contribution in [0.3, 0.4) is 0 Å². The second kappa shape index (κ2) is 3.93. The topological polar surface area (TPSA) is 67.6 Å². The molecular weight excluding hydrogens is 221 g/mol. The average molecular weight is 228 g/mol. The van der Waals surface area contributed by atoms with E-state index in [9.17, 15) is 13.2 Å². The number of nitrogens with two attached hydrogens (primary N) is 1. The van der Waals surface area contributed by atoms with Crippen LogP contribution in [0.5, 0.6) is 0 Å². The fourth-order valence-electron chi connectivity index (χ4n) is 1.21. The number of benzene rings is 1. The summed E-state index contributed by atoms with van der Waals surface area (Å²) in [6, 6.07) is 1.88. The first-order valence-electron chi connectivity index (χ1n) is 4.38. The minimum atomic E-state index is -1.54. The first-order valence-corrected chi connectivity index (χ1v) is 4.38. The maximum atomic E-state index is 13.3. The Labute approximate surface area is 88.3 Å². The summed E-state index contributed by atoms with van der Waals surface area (Å²) < 4.78 is 38.9. The summed E-state index contributed by atoms with van der Waals surface area (Å²) in [4.78, 5) is 3.81. The van der Waals surface area contributed by atoms with Crippen LogP contribution in [0.25, 0.3) is 11.4 Å². The number of hydrogen-bond acceptors (Lipinski definition) is 3. The smallest absolute Gasteiger partial charge is 0.195 e. The highest BCUT2D eigenvalue weighted by molar-refractivity contribution is 5.55. The number of rotatable bonds is 2. The van der Waals surface area contributed by atoms with Crippen LogP contribution < -0.4 is 5.73 Å². The lowest BCUT2D eigenvalue weighted by Gasteiger charge is -1.99. The van der Waals surface area contributed by atoms with E-state index in [1.165, 1.54) is 0 Å². The lowest BCUT2D eigenvalue weighted by atomic mass is 10.2. The highest BCUT2D eigenvalue weighted by Gasteiger charge is 2.17. The summed E-state index contributed by atoms with van der Waals surface area (Å²) in [5.41, 5.74) is 5.06. The molecule has 0 spiro atoms. The van der Waals surface area contributed by atoms with Crippen LogP contribution in [0.2, 0.25) is 0 Å². The van der Waals surface area contributed by atoms with Crippen LogP contribution in [0.4, 0.5) is 13.2 Å². The molecule has 3 N–H and O–H groups in total. The lowest BCUT2D eigenvalue weighted by molar-refractivity contribution is 0.448. The van der Waals surface area contributed by atoms with Crippen LogP contribution in [-0.2, 0) is 6.54 Å². The summed E-state index contributed by atoms with van der Waals surface area (Å²) in [5, 5.41) is 6.09. The van der Waals surface area contributed by atoms with Gasteiger partial charge in [-0.1, -0.05) is 0 Å². The van der Waals surface area contributed by atoms with Gasteiger partial charge in [0.25, 0.3) is 0 Å². The molecule has 1 heterocycles. The summed E-state index contributed by atoms with van der Waals surface area (Å²) >= 11 is 0. The van der Waals surface area contributed by atoms with Gasteiger partial charge in [0.2, 0.25) is 0 Å². The van der Waals surface area contributed by atoms with E-state index in [2.05, 4.69) is 15.2 Å². The van der Waals surface area contributed by atoms with Gasteiger partial charge in [-0.05, 0) is 12.1 Å². The van der Waals surface area contributed by atoms with Crippen LogP contribution in [0.15, 0.2) is 12.1 Å². The third-order valence-electron chi connectivity index (χ3n) is 2.00. The van der Waals surface area contributed by atoms with E-state index in [0.29, 0.717) is 5.82 Å². The average Bonchev–Trinajstić information content (AvgIpc) is 2.74. The Bertz CT molecular complexity index is 523. The molecular formula is C9H7F3N4. The molecule has 0 saturated heterocycles. The summed E-state index contributed by atoms with van der Waals surface area (Å²) in [7, 11) is 0. The Hall–Kier alpha value is -1.89. The highest BCUT2D eigenvalue weighted by atomic mass is 19.2. The summed E-state index contributed by atoms with van der Waals surface area (Å²) in [6.07, 6.45) is 0. The molecule has 1 aromatic heterocycles. The monoisotopic (exact) mass is 228 g/mol. The molecule has 0 aliphatic carbocycles. The number of nitrogens with zero attached hydrogens (tertiary/aromatic N) is 2. The van der Waals surface area contributed by atoms with Crippen molar-refractivity contribution in [3.05, 3.63) is 35.4 Å². The Morgan fingerprint density at radius 3 is 2.56 bits per heavy atom. The van der Waals surface area contributed by atoms with Crippen molar-refractivity contribution >= 4 is 0 Å². The quantitative estimate of drug-likeness (QED) is 0.762. The molecule has 1 aromatic carbocycles. The van der Waals surface area contributed by atoms with Gasteiger partial charge in [-0.2, -0.15) is 5.10 Å². The Balaban J connectivity index is 2.52. The third-order valence-corrected chi connectivity index (χ3v) is 2.00. The van der Waals surface area contributed by atoms with Crippen molar-refractivity contribution < 1.29 is 13.2 Å². The van der Waals surface area contributed by atoms with Gasteiger partial charge in [-0.15, -0.1) is 0 Å². The molecule has 0 atom stereocenters. The third kappa shape index (κ3) is 1.65. The Morgan fingerprint density at radius 1 is 1.19 bits per heavy atom. The molecule has 2 aromatic rings. The van der Waals surface area contributed by atoms with Crippen molar-refractivity contribution in [3.63, 3.8) is 0 Å². The van der Waals surface area contributed by atoms with Gasteiger partial charge in [0, 0.05) is 0 Å². The Morgan fingerprint density at radius 2 is 1.94 bits per heavy atom. The maximum Gasteiger partial charge on any atom is 0.195 e. The van der Waals surface area contributed by atoms with Crippen LogP contribution in [0, 0.1) is 17.5 Å². The van der Waals surface area contributed by atoms with E-state index in [1.807, 2.05) is 0 Å². The molecule has 7 heteroatoms. The zero-order chi connectivity index (χ0) is 11.7. The van der Waals surface area contributed by atoms with Gasteiger partial charge in [0.05, 0.1) is 12.1 Å². The minimum absolute atomic E-state index is 0.0585. The van der Waals surface area contributed by atoms with Gasteiger partial charge < -0.3 is 5.73 Å². The van der Waals surface area contributed by atoms with Crippen LogP contribution in [-0.4, -0.2) is 15.2 Å². The van der Waals surface area contributed by atoms with E-state index in [-0.39, 0.29) is 17.9 Å². The molecule has 16 heavy (non-hydrogen) atoms. The molecule has 0 bridgehead atoms. The second-order valence-corrected chi connectivity index (χ2v) is 3.03. The number of halogens is 3. The van der Waals surface area contributed by atoms with Crippen molar-refractivity contribution in [1.29, 1.82) is 0 Å². The number of hydrogen-bond donors (Lipinski definition) is 2. The number of aromatic nitrogens is 3. The largest absolute Gasteiger partial charge is 0.324 e. The molecule has 4 nitrogen and oxygen atoms in total. The lowest BCUT2D eigenvalue weighted by Crippen LogP contribution is -1.98. The van der Waals surface area contributed by atoms with Crippen molar-refractivity contribution in [3.8, 4) is 11.4 Å². The van der Waals surface area contributed by atoms with Gasteiger partial charge in [0.15, 0.2) is 23.3 Å². The predicted molar refractivity (Wildman–Crippen MR) is 49.6 cm³/mol. The fourth-order valence-corrected chi connectivity index (χ4v) is 1.21. The van der Waals surface area contributed by atoms with Gasteiger partial charge in [-0.3, -0.25) is 5.10 Å². The van der Waals surface area contributed by atoms with Gasteiger partial charge in [0.1, 0.15) is 5.82 Å². The SMILES string of the molecule is NCc1nc(-c2ccc(F)c(F)c2F)n[nH]1. The molecule has 0 aliphatic heterocycles. The number of nitrogens with one attached hydrogen (secondary N) is 1. The van der Waals surface area contributed by atoms with E-state index in [1.54, 1.807) is 0 Å². The standard InChI is InChI=1S/C9H7F3N4/c10-5-2-1-4(7(11)8(5)12)9-14-6(3-13)15-16-9/h1-2H,3,13H2,(H,14,15,16).